The number of benzene rings is 3. The third kappa shape index (κ3) is 4.73. The molecule has 0 saturated heterocycles. The quantitative estimate of drug-likeness (QED) is 0.246. The van der Waals surface area contributed by atoms with Gasteiger partial charge in [-0.25, -0.2) is 0 Å². The Hall–Kier alpha value is -2.17. The van der Waals surface area contributed by atoms with Crippen molar-refractivity contribution in [1.82, 2.24) is 4.57 Å². The minimum absolute atomic E-state index is 0.421. The first-order valence-corrected chi connectivity index (χ1v) is 18.4. The van der Waals surface area contributed by atoms with Crippen LogP contribution in [0.3, 0.4) is 0 Å². The SMILES string of the molecule is CC(C)c1cccc(C(C)C)c1N1C(c2ccccc2)=[N+](c2c(C(C)C)cccc2C(C)C)[Si@@]1([Se-])N(C)C. The van der Waals surface area contributed by atoms with Crippen LogP contribution >= 0.6 is 0 Å². The van der Waals surface area contributed by atoms with Crippen LogP contribution in [0.25, 0.3) is 0 Å². The van der Waals surface area contributed by atoms with Gasteiger partial charge in [0.05, 0.1) is 0 Å². The zero-order valence-corrected chi connectivity index (χ0v) is 27.6. The van der Waals surface area contributed by atoms with Crippen molar-refractivity contribution in [1.29, 1.82) is 0 Å². The first-order valence-electron chi connectivity index (χ1n) is 14.1. The van der Waals surface area contributed by atoms with E-state index in [4.69, 9.17) is 0 Å². The van der Waals surface area contributed by atoms with Gasteiger partial charge in [0, 0.05) is 0 Å². The molecule has 0 saturated carbocycles. The summed E-state index contributed by atoms with van der Waals surface area (Å²) in [6.07, 6.45) is 0. The second kappa shape index (κ2) is 11.1. The second-order valence-corrected chi connectivity index (χ2v) is 18.4. The van der Waals surface area contributed by atoms with E-state index in [1.54, 1.807) is 0 Å². The van der Waals surface area contributed by atoms with Gasteiger partial charge in [-0.2, -0.15) is 0 Å². The summed E-state index contributed by atoms with van der Waals surface area (Å²) < 4.78 is 7.91. The molecule has 0 radical (unpaired) electrons. The van der Waals surface area contributed by atoms with Crippen LogP contribution in [0.2, 0.25) is 0 Å². The molecule has 0 amide bonds. The summed E-state index contributed by atoms with van der Waals surface area (Å²) in [5, 5.41) is 0. The molecule has 4 rings (SSSR count). The van der Waals surface area contributed by atoms with Gasteiger partial charge in [-0.1, -0.05) is 0 Å². The fourth-order valence-electron chi connectivity index (χ4n) is 5.72. The molecule has 0 unspecified atom stereocenters. The van der Waals surface area contributed by atoms with E-state index < -0.39 is 7.16 Å². The molecule has 0 fully saturated rings. The van der Waals surface area contributed by atoms with Crippen LogP contribution in [0.5, 0.6) is 0 Å². The van der Waals surface area contributed by atoms with Crippen molar-refractivity contribution < 1.29 is 4.24 Å². The third-order valence-electron chi connectivity index (χ3n) is 7.75. The van der Waals surface area contributed by atoms with Crippen molar-refractivity contribution in [3.05, 3.63) is 94.5 Å². The molecule has 0 N–H and O–H groups in total. The summed E-state index contributed by atoms with van der Waals surface area (Å²) in [4.78, 5) is 0. The number of rotatable bonds is 8. The van der Waals surface area contributed by atoms with Crippen LogP contribution in [-0.4, -0.2) is 51.3 Å². The monoisotopic (exact) mass is 591 g/mol. The molecule has 38 heavy (non-hydrogen) atoms. The van der Waals surface area contributed by atoms with Gasteiger partial charge in [0.1, 0.15) is 0 Å². The van der Waals surface area contributed by atoms with E-state index in [-0.39, 0.29) is 0 Å². The first-order chi connectivity index (χ1) is 17.9. The molecular formula is C33H45N3SeSi. The Morgan fingerprint density at radius 3 is 1.45 bits per heavy atom. The number of amidine groups is 1. The van der Waals surface area contributed by atoms with E-state index >= 15 is 0 Å². The van der Waals surface area contributed by atoms with Crippen molar-refractivity contribution in [2.24, 2.45) is 0 Å². The van der Waals surface area contributed by atoms with Gasteiger partial charge in [0.2, 0.25) is 0 Å². The Morgan fingerprint density at radius 2 is 1.05 bits per heavy atom. The molecule has 0 aromatic heterocycles. The van der Waals surface area contributed by atoms with Crippen molar-refractivity contribution in [2.75, 3.05) is 18.7 Å². The van der Waals surface area contributed by atoms with Crippen molar-refractivity contribution in [3.8, 4) is 0 Å². The molecule has 5 heteroatoms. The molecule has 3 aromatic rings. The first kappa shape index (κ1) is 28.8. The predicted molar refractivity (Wildman–Crippen MR) is 167 cm³/mol. The van der Waals surface area contributed by atoms with E-state index in [1.165, 1.54) is 45.0 Å². The topological polar surface area (TPSA) is 9.49 Å². The summed E-state index contributed by atoms with van der Waals surface area (Å²) in [7, 11) is 1.98. The molecule has 0 aliphatic carbocycles. The van der Waals surface area contributed by atoms with Crippen LogP contribution in [0.4, 0.5) is 11.4 Å². The molecular weight excluding hydrogens is 545 g/mol. The van der Waals surface area contributed by atoms with Crippen molar-refractivity contribution >= 4 is 39.7 Å². The van der Waals surface area contributed by atoms with Crippen molar-refractivity contribution in [2.45, 2.75) is 79.1 Å². The number of anilines is 1. The third-order valence-corrected chi connectivity index (χ3v) is 15.6. The van der Waals surface area contributed by atoms with Crippen LogP contribution in [0.1, 0.15) is 107 Å². The standard InChI is InChI=1S/C33H45N3SeSi/c1-22(2)27-18-14-19-28(23(3)4)31(27)35-33(26-16-12-11-13-17-26)36(38(35,37)34(9)10)32-29(24(5)6)20-15-21-30(32)25(7)8/h11-25H,1-10H3. The van der Waals surface area contributed by atoms with Crippen LogP contribution in [0.15, 0.2) is 66.7 Å². The molecule has 3 aromatic carbocycles. The fraction of sp³-hybridized carbons (Fsp3) is 0.424. The molecule has 1 heterocycles. The van der Waals surface area contributed by atoms with Crippen molar-refractivity contribution in [3.63, 3.8) is 0 Å². The van der Waals surface area contributed by atoms with E-state index in [9.17, 15) is 0 Å². The second-order valence-electron chi connectivity index (χ2n) is 12.0. The predicted octanol–water partition coefficient (Wildman–Crippen LogP) is 7.96. The Morgan fingerprint density at radius 1 is 0.632 bits per heavy atom. The average molecular weight is 591 g/mol. The number of nitrogens with zero attached hydrogens (tertiary/aromatic N) is 3. The number of hydrogen-bond donors (Lipinski definition) is 0. The summed E-state index contributed by atoms with van der Waals surface area (Å²) in [5.41, 5.74) is 9.70. The maximum atomic E-state index is 3.85. The van der Waals surface area contributed by atoms with Gasteiger partial charge in [-0.05, 0) is 0 Å². The van der Waals surface area contributed by atoms with E-state index in [0.29, 0.717) is 23.7 Å². The zero-order chi connectivity index (χ0) is 27.9. The number of para-hydroxylation sites is 2. The Bertz CT molecular complexity index is 1270. The van der Waals surface area contributed by atoms with Gasteiger partial charge in [0.15, 0.2) is 0 Å². The molecule has 1 atom stereocenters. The average Bonchev–Trinajstić information content (AvgIpc) is 2.87. The molecule has 0 bridgehead atoms. The van der Waals surface area contributed by atoms with Gasteiger partial charge in [0.25, 0.3) is 0 Å². The maximum absolute atomic E-state index is 3.85. The molecule has 202 valence electrons. The summed E-state index contributed by atoms with van der Waals surface area (Å²) in [6.45, 7) is 18.6. The molecule has 3 nitrogen and oxygen atoms in total. The molecule has 1 aliphatic rings. The summed E-state index contributed by atoms with van der Waals surface area (Å²) >= 11 is 3.85. The van der Waals surface area contributed by atoms with E-state index in [0.717, 1.165) is 0 Å². The van der Waals surface area contributed by atoms with Gasteiger partial charge in [-0.3, -0.25) is 0 Å². The van der Waals surface area contributed by atoms with E-state index in [2.05, 4.69) is 165 Å². The minimum atomic E-state index is -2.53. The zero-order valence-electron chi connectivity index (χ0n) is 24.9. The normalized spacial score (nSPS) is 17.9. The molecule has 1 aliphatic heterocycles. The number of hydrogen-bond acceptors (Lipinski definition) is 2. The van der Waals surface area contributed by atoms with Gasteiger partial charge in [-0.15, -0.1) is 0 Å². The van der Waals surface area contributed by atoms with Crippen LogP contribution < -0.4 is 4.57 Å². The van der Waals surface area contributed by atoms with Crippen LogP contribution in [-0.2, 0) is 0 Å². The molecule has 0 spiro atoms. The fourth-order valence-corrected chi connectivity index (χ4v) is 10.9. The van der Waals surface area contributed by atoms with E-state index in [1.807, 2.05) is 0 Å². The van der Waals surface area contributed by atoms with Gasteiger partial charge < -0.3 is 0 Å². The Kier molecular flexibility index (Phi) is 8.45. The van der Waals surface area contributed by atoms with Crippen LogP contribution in [0, 0.1) is 0 Å². The summed E-state index contributed by atoms with van der Waals surface area (Å²) in [5.74, 6) is 2.97. The Labute approximate surface area is 240 Å². The Balaban J connectivity index is 2.21. The summed E-state index contributed by atoms with van der Waals surface area (Å²) in [6, 6.07) is 24.9. The van der Waals surface area contributed by atoms with Gasteiger partial charge >= 0.3 is 241 Å².